The van der Waals surface area contributed by atoms with E-state index in [1.807, 2.05) is 24.3 Å². The van der Waals surface area contributed by atoms with E-state index in [9.17, 15) is 19.7 Å². The Morgan fingerprint density at radius 1 is 1.23 bits per heavy atom. The number of benzene rings is 2. The highest BCUT2D eigenvalue weighted by molar-refractivity contribution is 5.98. The Kier molecular flexibility index (Phi) is 7.77. The molecule has 3 N–H and O–H groups in total. The normalized spacial score (nSPS) is 15.4. The molecule has 0 bridgehead atoms. The van der Waals surface area contributed by atoms with Gasteiger partial charge in [-0.3, -0.25) is 19.7 Å². The van der Waals surface area contributed by atoms with Gasteiger partial charge in [-0.2, -0.15) is 0 Å². The molecule has 30 heavy (non-hydrogen) atoms. The van der Waals surface area contributed by atoms with E-state index in [0.717, 1.165) is 12.0 Å². The van der Waals surface area contributed by atoms with Gasteiger partial charge in [0.2, 0.25) is 5.91 Å². The summed E-state index contributed by atoms with van der Waals surface area (Å²) in [5, 5.41) is 13.9. The van der Waals surface area contributed by atoms with Crippen molar-refractivity contribution in [2.45, 2.75) is 32.2 Å². The zero-order chi connectivity index (χ0) is 21.0. The number of rotatable bonds is 6. The van der Waals surface area contributed by atoms with Crippen molar-refractivity contribution in [1.29, 1.82) is 0 Å². The van der Waals surface area contributed by atoms with Gasteiger partial charge in [-0.1, -0.05) is 12.1 Å². The van der Waals surface area contributed by atoms with Crippen molar-refractivity contribution in [3.05, 3.63) is 69.3 Å². The Morgan fingerprint density at radius 3 is 2.57 bits per heavy atom. The van der Waals surface area contributed by atoms with Gasteiger partial charge in [0, 0.05) is 36.0 Å². The molecule has 1 saturated heterocycles. The Labute approximate surface area is 181 Å². The lowest BCUT2D eigenvalue weighted by Crippen LogP contribution is -2.46. The quantitative estimate of drug-likeness (QED) is 0.413. The zero-order valence-corrected chi connectivity index (χ0v) is 17.5. The third-order valence-corrected chi connectivity index (χ3v) is 5.15. The molecule has 2 aromatic rings. The van der Waals surface area contributed by atoms with E-state index in [4.69, 9.17) is 5.73 Å². The molecule has 1 aliphatic rings. The second-order valence-electron chi connectivity index (χ2n) is 7.20. The average Bonchev–Trinajstić information content (AvgIpc) is 3.18. The molecule has 0 aromatic heterocycles. The summed E-state index contributed by atoms with van der Waals surface area (Å²) in [6, 6.07) is 11.2. The van der Waals surface area contributed by atoms with Gasteiger partial charge in [0.25, 0.3) is 11.6 Å². The Balaban J connectivity index is 0.00000320. The first-order valence-corrected chi connectivity index (χ1v) is 9.55. The van der Waals surface area contributed by atoms with Gasteiger partial charge in [-0.15, -0.1) is 12.4 Å². The van der Waals surface area contributed by atoms with Gasteiger partial charge in [0.1, 0.15) is 6.04 Å². The predicted molar refractivity (Wildman–Crippen MR) is 117 cm³/mol. The number of carbonyl (C=O) groups excluding carboxylic acids is 2. The zero-order valence-electron chi connectivity index (χ0n) is 16.7. The summed E-state index contributed by atoms with van der Waals surface area (Å²) >= 11 is 0. The summed E-state index contributed by atoms with van der Waals surface area (Å²) in [5.41, 5.74) is 8.18. The van der Waals surface area contributed by atoms with Crippen LogP contribution in [0.25, 0.3) is 0 Å². The molecule has 1 heterocycles. The van der Waals surface area contributed by atoms with Crippen molar-refractivity contribution in [2.75, 3.05) is 18.8 Å². The molecule has 1 unspecified atom stereocenters. The molecule has 1 atom stereocenters. The maximum absolute atomic E-state index is 12.9. The van der Waals surface area contributed by atoms with Crippen LogP contribution >= 0.6 is 12.4 Å². The lowest BCUT2D eigenvalue weighted by Gasteiger charge is -2.24. The van der Waals surface area contributed by atoms with Crippen LogP contribution in [0.4, 0.5) is 11.4 Å². The molecular weight excluding hydrogens is 408 g/mol. The highest BCUT2D eigenvalue weighted by atomic mass is 35.5. The number of nitrogens with one attached hydrogen (secondary N) is 1. The molecular formula is C21H25ClN4O4. The van der Waals surface area contributed by atoms with Gasteiger partial charge in [-0.05, 0) is 56.0 Å². The summed E-state index contributed by atoms with van der Waals surface area (Å²) in [5.74, 6) is -0.455. The van der Waals surface area contributed by atoms with E-state index >= 15 is 0 Å². The number of aryl methyl sites for hydroxylation is 1. The van der Waals surface area contributed by atoms with Crippen LogP contribution in [0.3, 0.4) is 0 Å². The Hall–Kier alpha value is -3.13. The molecule has 0 aliphatic carbocycles. The molecule has 1 fully saturated rings. The van der Waals surface area contributed by atoms with Crippen molar-refractivity contribution < 1.29 is 14.5 Å². The van der Waals surface area contributed by atoms with Crippen LogP contribution in [-0.4, -0.2) is 40.8 Å². The minimum absolute atomic E-state index is 0. The molecule has 0 spiro atoms. The highest BCUT2D eigenvalue weighted by Crippen LogP contribution is 2.24. The van der Waals surface area contributed by atoms with Crippen LogP contribution in [0, 0.1) is 17.0 Å². The minimum Gasteiger partial charge on any atom is -0.399 e. The van der Waals surface area contributed by atoms with Gasteiger partial charge in [0.05, 0.1) is 4.92 Å². The second kappa shape index (κ2) is 10.1. The SMILES string of the molecule is Cc1cc(C(=O)N2CCCC2C(=O)NCCc2ccc(N)cc2)ccc1[N+](=O)[O-].Cl. The standard InChI is InChI=1S/C21H24N4O4.ClH/c1-14-13-16(6-9-18(14)25(28)29)21(27)24-12-2-3-19(24)20(26)23-11-10-15-4-7-17(22)8-5-15;/h4-9,13,19H,2-3,10-12,22H2,1H3,(H,23,26);1H. The van der Waals surface area contributed by atoms with E-state index in [0.29, 0.717) is 42.7 Å². The number of nitro benzene ring substituents is 1. The first-order valence-electron chi connectivity index (χ1n) is 9.55. The van der Waals surface area contributed by atoms with Crippen molar-refractivity contribution in [3.8, 4) is 0 Å². The number of nitro groups is 1. The van der Waals surface area contributed by atoms with Gasteiger partial charge in [-0.25, -0.2) is 0 Å². The molecule has 2 amide bonds. The van der Waals surface area contributed by atoms with Crippen molar-refractivity contribution >= 4 is 35.6 Å². The molecule has 0 radical (unpaired) electrons. The van der Waals surface area contributed by atoms with Crippen LogP contribution in [0.1, 0.15) is 34.3 Å². The number of amides is 2. The van der Waals surface area contributed by atoms with Crippen molar-refractivity contribution in [2.24, 2.45) is 0 Å². The lowest BCUT2D eigenvalue weighted by molar-refractivity contribution is -0.385. The van der Waals surface area contributed by atoms with E-state index in [2.05, 4.69) is 5.32 Å². The predicted octanol–water partition coefficient (Wildman–Crippen LogP) is 2.87. The van der Waals surface area contributed by atoms with Gasteiger partial charge in [0.15, 0.2) is 0 Å². The third-order valence-electron chi connectivity index (χ3n) is 5.15. The van der Waals surface area contributed by atoms with Crippen LogP contribution in [0.5, 0.6) is 0 Å². The summed E-state index contributed by atoms with van der Waals surface area (Å²) in [7, 11) is 0. The fourth-order valence-corrected chi connectivity index (χ4v) is 3.57. The number of nitrogens with zero attached hydrogens (tertiary/aromatic N) is 2. The number of nitrogen functional groups attached to an aromatic ring is 1. The number of hydrogen-bond donors (Lipinski definition) is 2. The smallest absolute Gasteiger partial charge is 0.272 e. The van der Waals surface area contributed by atoms with Crippen molar-refractivity contribution in [1.82, 2.24) is 10.2 Å². The Bertz CT molecular complexity index is 933. The Morgan fingerprint density at radius 2 is 1.93 bits per heavy atom. The van der Waals surface area contributed by atoms with Crippen molar-refractivity contribution in [3.63, 3.8) is 0 Å². The second-order valence-corrected chi connectivity index (χ2v) is 7.20. The largest absolute Gasteiger partial charge is 0.399 e. The monoisotopic (exact) mass is 432 g/mol. The summed E-state index contributed by atoms with van der Waals surface area (Å²) in [6.45, 7) is 2.56. The molecule has 2 aromatic carbocycles. The molecule has 160 valence electrons. The van der Waals surface area contributed by atoms with E-state index in [-0.39, 0.29) is 29.9 Å². The number of hydrogen-bond acceptors (Lipinski definition) is 5. The number of nitrogens with two attached hydrogens (primary N) is 1. The highest BCUT2D eigenvalue weighted by Gasteiger charge is 2.34. The maximum atomic E-state index is 12.9. The number of carbonyl (C=O) groups is 2. The topological polar surface area (TPSA) is 119 Å². The fourth-order valence-electron chi connectivity index (χ4n) is 3.57. The van der Waals surface area contributed by atoms with E-state index < -0.39 is 11.0 Å². The first kappa shape index (κ1) is 23.2. The van der Waals surface area contributed by atoms with E-state index in [1.54, 1.807) is 11.8 Å². The molecule has 1 aliphatic heterocycles. The lowest BCUT2D eigenvalue weighted by atomic mass is 10.1. The van der Waals surface area contributed by atoms with Crippen LogP contribution in [0.15, 0.2) is 42.5 Å². The fraction of sp³-hybridized carbons (Fsp3) is 0.333. The average molecular weight is 433 g/mol. The molecule has 9 heteroatoms. The molecule has 8 nitrogen and oxygen atoms in total. The van der Waals surface area contributed by atoms with Crippen LogP contribution in [-0.2, 0) is 11.2 Å². The third kappa shape index (κ3) is 5.27. The van der Waals surface area contributed by atoms with Crippen LogP contribution in [0.2, 0.25) is 0 Å². The maximum Gasteiger partial charge on any atom is 0.272 e. The van der Waals surface area contributed by atoms with E-state index in [1.165, 1.54) is 18.2 Å². The summed E-state index contributed by atoms with van der Waals surface area (Å²) in [4.78, 5) is 37.6. The molecule has 0 saturated carbocycles. The summed E-state index contributed by atoms with van der Waals surface area (Å²) < 4.78 is 0. The first-order chi connectivity index (χ1) is 13.9. The number of likely N-dealkylation sites (tertiary alicyclic amines) is 1. The minimum atomic E-state index is -0.524. The van der Waals surface area contributed by atoms with Crippen LogP contribution < -0.4 is 11.1 Å². The van der Waals surface area contributed by atoms with Gasteiger partial charge >= 0.3 is 0 Å². The summed E-state index contributed by atoms with van der Waals surface area (Å²) in [6.07, 6.45) is 2.02. The number of anilines is 1. The van der Waals surface area contributed by atoms with Gasteiger partial charge < -0.3 is 16.0 Å². The number of halogens is 1. The molecule has 3 rings (SSSR count).